The molecular weight excluding hydrogens is 287 g/mol. The van der Waals surface area contributed by atoms with Gasteiger partial charge in [0.25, 0.3) is 0 Å². The Hall–Kier alpha value is -1.34. The average Bonchev–Trinajstić information content (AvgIpc) is 2.56. The second-order valence-electron chi connectivity index (χ2n) is 5.90. The molecule has 1 aromatic rings. The van der Waals surface area contributed by atoms with Gasteiger partial charge in [-0.25, -0.2) is 4.98 Å². The van der Waals surface area contributed by atoms with Gasteiger partial charge in [0.1, 0.15) is 11.4 Å². The maximum absolute atomic E-state index is 12.8. The summed E-state index contributed by atoms with van der Waals surface area (Å²) in [4.78, 5) is 3.36. The van der Waals surface area contributed by atoms with Gasteiger partial charge in [-0.1, -0.05) is 0 Å². The van der Waals surface area contributed by atoms with Gasteiger partial charge in [-0.2, -0.15) is 13.2 Å². The van der Waals surface area contributed by atoms with Crippen molar-refractivity contribution in [2.24, 2.45) is 0 Å². The van der Waals surface area contributed by atoms with Crippen molar-refractivity contribution in [1.29, 1.82) is 0 Å². The van der Waals surface area contributed by atoms with Crippen molar-refractivity contribution in [3.05, 3.63) is 23.5 Å². The molecule has 0 aromatic carbocycles. The molecule has 0 amide bonds. The lowest BCUT2D eigenvalue weighted by Gasteiger charge is -2.30. The Labute approximate surface area is 121 Å². The van der Waals surface area contributed by atoms with Gasteiger partial charge < -0.3 is 14.2 Å². The first-order valence-electron chi connectivity index (χ1n) is 6.45. The molecule has 0 aliphatic carbocycles. The highest BCUT2D eigenvalue weighted by Crippen LogP contribution is 2.47. The van der Waals surface area contributed by atoms with Crippen molar-refractivity contribution in [2.75, 3.05) is 7.11 Å². The Morgan fingerprint density at radius 1 is 1.14 bits per heavy atom. The molecule has 7 heteroatoms. The summed E-state index contributed by atoms with van der Waals surface area (Å²) in [5.41, 5.74) is -2.12. The molecule has 1 saturated heterocycles. The second kappa shape index (κ2) is 4.84. The van der Waals surface area contributed by atoms with E-state index in [4.69, 9.17) is 14.2 Å². The molecule has 0 atom stereocenters. The van der Waals surface area contributed by atoms with Crippen LogP contribution in [0.3, 0.4) is 0 Å². The maximum Gasteiger partial charge on any atom is 0.433 e. The number of methoxy groups -OCH3 is 1. The van der Waals surface area contributed by atoms with Crippen molar-refractivity contribution < 1.29 is 27.4 Å². The first kappa shape index (κ1) is 16.0. The van der Waals surface area contributed by atoms with Crippen LogP contribution >= 0.6 is 0 Å². The lowest BCUT2D eigenvalue weighted by Crippen LogP contribution is -2.41. The summed E-state index contributed by atoms with van der Waals surface area (Å²) in [6.07, 6.45) is -4.44. The standard InChI is InChI=1S/C14H18F3NO3/c1-12(2)13(3,4)21-11(20-12)8-6-10(14(15,16)17)18-7-9(8)19-5/h6-7,11H,1-5H3. The quantitative estimate of drug-likeness (QED) is 0.835. The van der Waals surface area contributed by atoms with E-state index in [0.717, 1.165) is 12.3 Å². The number of nitrogens with zero attached hydrogens (tertiary/aromatic N) is 1. The number of hydrogen-bond donors (Lipinski definition) is 0. The van der Waals surface area contributed by atoms with E-state index in [1.54, 1.807) is 0 Å². The number of pyridine rings is 1. The van der Waals surface area contributed by atoms with Crippen molar-refractivity contribution >= 4 is 0 Å². The van der Waals surface area contributed by atoms with Gasteiger partial charge in [0.2, 0.25) is 0 Å². The Balaban J connectivity index is 2.44. The van der Waals surface area contributed by atoms with Gasteiger partial charge in [-0.05, 0) is 33.8 Å². The zero-order valence-corrected chi connectivity index (χ0v) is 12.5. The van der Waals surface area contributed by atoms with Crippen molar-refractivity contribution in [1.82, 2.24) is 4.98 Å². The highest BCUT2D eigenvalue weighted by atomic mass is 19.4. The monoisotopic (exact) mass is 305 g/mol. The van der Waals surface area contributed by atoms with E-state index >= 15 is 0 Å². The van der Waals surface area contributed by atoms with E-state index < -0.39 is 29.4 Å². The molecule has 0 spiro atoms. The summed E-state index contributed by atoms with van der Waals surface area (Å²) in [6, 6.07) is 0.904. The predicted molar refractivity (Wildman–Crippen MR) is 68.9 cm³/mol. The first-order valence-corrected chi connectivity index (χ1v) is 6.45. The van der Waals surface area contributed by atoms with Crippen LogP contribution < -0.4 is 4.74 Å². The minimum atomic E-state index is -4.54. The predicted octanol–water partition coefficient (Wildman–Crippen LogP) is 3.71. The molecule has 0 N–H and O–H groups in total. The molecule has 1 fully saturated rings. The van der Waals surface area contributed by atoms with Crippen LogP contribution in [0.1, 0.15) is 45.2 Å². The van der Waals surface area contributed by atoms with Gasteiger partial charge in [0.15, 0.2) is 6.29 Å². The van der Waals surface area contributed by atoms with Crippen LogP contribution in [-0.2, 0) is 15.7 Å². The number of halogens is 3. The zero-order valence-electron chi connectivity index (χ0n) is 12.5. The van der Waals surface area contributed by atoms with Crippen LogP contribution in [0.2, 0.25) is 0 Å². The number of ether oxygens (including phenoxy) is 3. The van der Waals surface area contributed by atoms with Crippen molar-refractivity contribution in [3.63, 3.8) is 0 Å². The zero-order chi connectivity index (χ0) is 16.1. The molecule has 2 heterocycles. The van der Waals surface area contributed by atoms with Crippen LogP contribution in [0.25, 0.3) is 0 Å². The summed E-state index contributed by atoms with van der Waals surface area (Å²) < 4.78 is 55.0. The van der Waals surface area contributed by atoms with Crippen LogP contribution in [0.4, 0.5) is 13.2 Å². The van der Waals surface area contributed by atoms with E-state index in [2.05, 4.69) is 4.98 Å². The molecule has 2 rings (SSSR count). The Morgan fingerprint density at radius 2 is 1.67 bits per heavy atom. The minimum Gasteiger partial charge on any atom is -0.495 e. The van der Waals surface area contributed by atoms with Crippen LogP contribution in [-0.4, -0.2) is 23.3 Å². The second-order valence-corrected chi connectivity index (χ2v) is 5.90. The lowest BCUT2D eigenvalue weighted by atomic mass is 9.90. The molecule has 1 aliphatic rings. The van der Waals surface area contributed by atoms with Crippen LogP contribution in [0.5, 0.6) is 5.75 Å². The molecule has 0 radical (unpaired) electrons. The Morgan fingerprint density at radius 3 is 2.10 bits per heavy atom. The summed E-state index contributed by atoms with van der Waals surface area (Å²) in [5, 5.41) is 0. The van der Waals surface area contributed by atoms with E-state index in [9.17, 15) is 13.2 Å². The van der Waals surface area contributed by atoms with Crippen molar-refractivity contribution in [2.45, 2.75) is 51.4 Å². The van der Waals surface area contributed by atoms with E-state index in [1.165, 1.54) is 7.11 Å². The molecule has 118 valence electrons. The highest BCUT2D eigenvalue weighted by molar-refractivity contribution is 5.35. The molecule has 21 heavy (non-hydrogen) atoms. The minimum absolute atomic E-state index is 0.179. The summed E-state index contributed by atoms with van der Waals surface area (Å²) in [5.74, 6) is 0.196. The molecule has 0 unspecified atom stereocenters. The molecule has 4 nitrogen and oxygen atoms in total. The maximum atomic E-state index is 12.8. The van der Waals surface area contributed by atoms with Gasteiger partial charge in [0.05, 0.1) is 30.1 Å². The largest absolute Gasteiger partial charge is 0.495 e. The average molecular weight is 305 g/mol. The van der Waals surface area contributed by atoms with Gasteiger partial charge in [0, 0.05) is 0 Å². The fourth-order valence-electron chi connectivity index (χ4n) is 1.94. The fourth-order valence-corrected chi connectivity index (χ4v) is 1.94. The fraction of sp³-hybridized carbons (Fsp3) is 0.643. The highest BCUT2D eigenvalue weighted by Gasteiger charge is 2.50. The third-order valence-electron chi connectivity index (χ3n) is 3.92. The molecular formula is C14H18F3NO3. The third-order valence-corrected chi connectivity index (χ3v) is 3.92. The first-order chi connectivity index (χ1) is 9.48. The Kier molecular flexibility index (Phi) is 3.70. The molecule has 1 aliphatic heterocycles. The normalized spacial score (nSPS) is 21.5. The van der Waals surface area contributed by atoms with Crippen molar-refractivity contribution in [3.8, 4) is 5.75 Å². The number of alkyl halides is 3. The summed E-state index contributed by atoms with van der Waals surface area (Å²) in [7, 11) is 1.36. The lowest BCUT2D eigenvalue weighted by molar-refractivity contribution is -0.141. The number of aromatic nitrogens is 1. The number of rotatable bonds is 2. The number of hydrogen-bond acceptors (Lipinski definition) is 4. The van der Waals surface area contributed by atoms with E-state index in [1.807, 2.05) is 27.7 Å². The van der Waals surface area contributed by atoms with Gasteiger partial charge >= 0.3 is 6.18 Å². The topological polar surface area (TPSA) is 40.6 Å². The van der Waals surface area contributed by atoms with E-state index in [0.29, 0.717) is 0 Å². The Bertz CT molecular complexity index is 525. The van der Waals surface area contributed by atoms with Crippen LogP contribution in [0, 0.1) is 0 Å². The van der Waals surface area contributed by atoms with E-state index in [-0.39, 0.29) is 11.3 Å². The summed E-state index contributed by atoms with van der Waals surface area (Å²) >= 11 is 0. The summed E-state index contributed by atoms with van der Waals surface area (Å²) in [6.45, 7) is 7.30. The molecule has 1 aromatic heterocycles. The van der Waals surface area contributed by atoms with Crippen LogP contribution in [0.15, 0.2) is 12.3 Å². The SMILES string of the molecule is COc1cnc(C(F)(F)F)cc1C1OC(C)(C)C(C)(C)O1. The molecule has 0 saturated carbocycles. The molecule has 0 bridgehead atoms. The van der Waals surface area contributed by atoms with Gasteiger partial charge in [-0.3, -0.25) is 0 Å². The van der Waals surface area contributed by atoms with Gasteiger partial charge in [-0.15, -0.1) is 0 Å². The smallest absolute Gasteiger partial charge is 0.433 e. The third kappa shape index (κ3) is 2.85.